The summed E-state index contributed by atoms with van der Waals surface area (Å²) in [5, 5.41) is 7.18. The van der Waals surface area contributed by atoms with Crippen LogP contribution >= 0.6 is 0 Å². The van der Waals surface area contributed by atoms with Gasteiger partial charge in [-0.1, -0.05) is 0 Å². The predicted molar refractivity (Wildman–Crippen MR) is 64.9 cm³/mol. The van der Waals surface area contributed by atoms with Crippen molar-refractivity contribution in [1.82, 2.24) is 19.4 Å². The highest BCUT2D eigenvalue weighted by Crippen LogP contribution is 2.11. The third-order valence-corrected chi connectivity index (χ3v) is 4.28. The monoisotopic (exact) mass is 259 g/mol. The van der Waals surface area contributed by atoms with Crippen LogP contribution in [0.3, 0.4) is 0 Å². The van der Waals surface area contributed by atoms with Gasteiger partial charge in [-0.2, -0.15) is 17.8 Å². The fraction of sp³-hybridized carbons (Fsp3) is 0.667. The van der Waals surface area contributed by atoms with Gasteiger partial charge in [0.15, 0.2) is 5.82 Å². The Morgan fingerprint density at radius 1 is 1.41 bits per heavy atom. The van der Waals surface area contributed by atoms with Gasteiger partial charge in [-0.05, 0) is 6.92 Å². The van der Waals surface area contributed by atoms with Gasteiger partial charge in [0.1, 0.15) is 0 Å². The fourth-order valence-electron chi connectivity index (χ4n) is 1.69. The molecule has 2 N–H and O–H groups in total. The van der Waals surface area contributed by atoms with E-state index in [1.807, 2.05) is 6.92 Å². The van der Waals surface area contributed by atoms with Gasteiger partial charge in [-0.15, -0.1) is 0 Å². The van der Waals surface area contributed by atoms with Crippen molar-refractivity contribution in [2.45, 2.75) is 6.92 Å². The van der Waals surface area contributed by atoms with Crippen LogP contribution in [-0.2, 0) is 17.3 Å². The second kappa shape index (κ2) is 4.63. The molecule has 1 aliphatic heterocycles. The van der Waals surface area contributed by atoms with E-state index >= 15 is 0 Å². The van der Waals surface area contributed by atoms with Crippen LogP contribution in [0.4, 0.5) is 5.82 Å². The Labute approximate surface area is 101 Å². The molecule has 1 saturated heterocycles. The first-order valence-corrected chi connectivity index (χ1v) is 6.92. The van der Waals surface area contributed by atoms with Gasteiger partial charge in [-0.25, -0.2) is 0 Å². The smallest absolute Gasteiger partial charge is 0.302 e. The summed E-state index contributed by atoms with van der Waals surface area (Å²) in [4.78, 5) is 0. The zero-order chi connectivity index (χ0) is 12.5. The normalized spacial score (nSPS) is 18.2. The largest absolute Gasteiger partial charge is 0.314 e. The van der Waals surface area contributed by atoms with E-state index in [1.165, 1.54) is 4.31 Å². The third kappa shape index (κ3) is 2.76. The lowest BCUT2D eigenvalue weighted by atomic mass is 10.4. The molecule has 1 aromatic rings. The van der Waals surface area contributed by atoms with Crippen molar-refractivity contribution in [2.24, 2.45) is 7.05 Å². The number of aromatic nitrogens is 2. The van der Waals surface area contributed by atoms with Crippen LogP contribution in [0.5, 0.6) is 0 Å². The van der Waals surface area contributed by atoms with Gasteiger partial charge in [0.25, 0.3) is 0 Å². The lowest BCUT2D eigenvalue weighted by Gasteiger charge is -2.26. The van der Waals surface area contributed by atoms with Crippen LogP contribution < -0.4 is 10.0 Å². The van der Waals surface area contributed by atoms with E-state index in [2.05, 4.69) is 15.1 Å². The minimum Gasteiger partial charge on any atom is -0.314 e. The van der Waals surface area contributed by atoms with E-state index in [1.54, 1.807) is 17.8 Å². The van der Waals surface area contributed by atoms with E-state index in [9.17, 15) is 8.42 Å². The van der Waals surface area contributed by atoms with Crippen molar-refractivity contribution in [1.29, 1.82) is 0 Å². The second-order valence-electron chi connectivity index (χ2n) is 4.05. The van der Waals surface area contributed by atoms with Crippen LogP contribution in [0, 0.1) is 6.92 Å². The minimum atomic E-state index is -3.47. The molecule has 0 atom stereocenters. The quantitative estimate of drug-likeness (QED) is 0.751. The number of hydrogen-bond acceptors (Lipinski definition) is 4. The number of hydrogen-bond donors (Lipinski definition) is 2. The molecule has 1 aliphatic rings. The molecule has 2 rings (SSSR count). The zero-order valence-electron chi connectivity index (χ0n) is 9.97. The zero-order valence-corrected chi connectivity index (χ0v) is 10.8. The summed E-state index contributed by atoms with van der Waals surface area (Å²) >= 11 is 0. The van der Waals surface area contributed by atoms with Crippen molar-refractivity contribution in [3.05, 3.63) is 11.8 Å². The van der Waals surface area contributed by atoms with Gasteiger partial charge in [0.2, 0.25) is 0 Å². The molecule has 0 saturated carbocycles. The highest BCUT2D eigenvalue weighted by atomic mass is 32.2. The molecule has 17 heavy (non-hydrogen) atoms. The van der Waals surface area contributed by atoms with Crippen molar-refractivity contribution >= 4 is 16.0 Å². The molecule has 96 valence electrons. The summed E-state index contributed by atoms with van der Waals surface area (Å²) < 4.78 is 29.6. The molecule has 0 amide bonds. The number of anilines is 1. The number of rotatable bonds is 3. The lowest BCUT2D eigenvalue weighted by Crippen LogP contribution is -2.48. The Bertz CT molecular complexity index is 470. The van der Waals surface area contributed by atoms with E-state index in [0.717, 1.165) is 5.69 Å². The highest BCUT2D eigenvalue weighted by molar-refractivity contribution is 7.90. The molecule has 0 unspecified atom stereocenters. The summed E-state index contributed by atoms with van der Waals surface area (Å²) in [6, 6.07) is 1.71. The summed E-state index contributed by atoms with van der Waals surface area (Å²) in [6.45, 7) is 4.21. The summed E-state index contributed by atoms with van der Waals surface area (Å²) in [7, 11) is -1.70. The molecule has 1 aromatic heterocycles. The Balaban J connectivity index is 2.11. The minimum absolute atomic E-state index is 0.364. The molecule has 8 heteroatoms. The Morgan fingerprint density at radius 3 is 2.59 bits per heavy atom. The van der Waals surface area contributed by atoms with Gasteiger partial charge in [0, 0.05) is 45.0 Å². The van der Waals surface area contributed by atoms with Crippen molar-refractivity contribution < 1.29 is 8.42 Å². The van der Waals surface area contributed by atoms with E-state index in [0.29, 0.717) is 32.0 Å². The Hall–Kier alpha value is -1.12. The maximum Gasteiger partial charge on any atom is 0.302 e. The first-order chi connectivity index (χ1) is 7.99. The number of nitrogens with one attached hydrogen (secondary N) is 2. The molecule has 0 spiro atoms. The highest BCUT2D eigenvalue weighted by Gasteiger charge is 2.24. The maximum absolute atomic E-state index is 12.0. The molecule has 0 aromatic carbocycles. The molecule has 7 nitrogen and oxygen atoms in total. The molecule has 2 heterocycles. The second-order valence-corrected chi connectivity index (χ2v) is 5.72. The summed E-state index contributed by atoms with van der Waals surface area (Å²) in [6.07, 6.45) is 0. The topological polar surface area (TPSA) is 79.3 Å². The van der Waals surface area contributed by atoms with E-state index in [4.69, 9.17) is 0 Å². The van der Waals surface area contributed by atoms with Crippen LogP contribution in [0.15, 0.2) is 6.07 Å². The standard InChI is InChI=1S/C9H17N5O2S/c1-8-7-9(11-13(8)2)12-17(15,16)14-5-3-10-4-6-14/h7,10H,3-6H2,1-2H3,(H,11,12). The average molecular weight is 259 g/mol. The molecular weight excluding hydrogens is 242 g/mol. The summed E-state index contributed by atoms with van der Waals surface area (Å²) in [5.41, 5.74) is 0.906. The Morgan fingerprint density at radius 2 is 2.06 bits per heavy atom. The molecule has 1 fully saturated rings. The van der Waals surface area contributed by atoms with E-state index in [-0.39, 0.29) is 0 Å². The van der Waals surface area contributed by atoms with Crippen molar-refractivity contribution in [3.8, 4) is 0 Å². The maximum atomic E-state index is 12.0. The van der Waals surface area contributed by atoms with Gasteiger partial charge >= 0.3 is 10.2 Å². The number of piperazine rings is 1. The predicted octanol–water partition coefficient (Wildman–Crippen LogP) is -0.710. The van der Waals surface area contributed by atoms with E-state index < -0.39 is 10.2 Å². The molecule has 0 aliphatic carbocycles. The number of nitrogens with zero attached hydrogens (tertiary/aromatic N) is 3. The third-order valence-electron chi connectivity index (χ3n) is 2.76. The molecule has 0 radical (unpaired) electrons. The molecule has 0 bridgehead atoms. The van der Waals surface area contributed by atoms with Gasteiger partial charge in [0.05, 0.1) is 0 Å². The first-order valence-electron chi connectivity index (χ1n) is 5.48. The van der Waals surface area contributed by atoms with Crippen LogP contribution in [0.1, 0.15) is 5.69 Å². The molecular formula is C9H17N5O2S. The van der Waals surface area contributed by atoms with Crippen molar-refractivity contribution in [3.63, 3.8) is 0 Å². The van der Waals surface area contributed by atoms with Crippen LogP contribution in [0.25, 0.3) is 0 Å². The summed E-state index contributed by atoms with van der Waals surface area (Å²) in [5.74, 6) is 0.364. The first kappa shape index (κ1) is 12.3. The lowest BCUT2D eigenvalue weighted by molar-refractivity contribution is 0.362. The SMILES string of the molecule is Cc1cc(NS(=O)(=O)N2CCNCC2)nn1C. The fourth-order valence-corrected chi connectivity index (χ4v) is 2.85. The van der Waals surface area contributed by atoms with Gasteiger partial charge in [-0.3, -0.25) is 9.40 Å². The van der Waals surface area contributed by atoms with Gasteiger partial charge < -0.3 is 5.32 Å². The Kier molecular flexibility index (Phi) is 3.36. The average Bonchev–Trinajstić information content (AvgIpc) is 2.58. The van der Waals surface area contributed by atoms with Crippen LogP contribution in [0.2, 0.25) is 0 Å². The number of aryl methyl sites for hydroxylation is 2. The van der Waals surface area contributed by atoms with Crippen molar-refractivity contribution in [2.75, 3.05) is 30.9 Å². The van der Waals surface area contributed by atoms with Crippen LogP contribution in [-0.4, -0.2) is 48.7 Å².